The number of hydrogen-bond donors (Lipinski definition) is 1. The van der Waals surface area contributed by atoms with Gasteiger partial charge in [0.2, 0.25) is 0 Å². The fourth-order valence-corrected chi connectivity index (χ4v) is 3.76. The van der Waals surface area contributed by atoms with Crippen LogP contribution in [0, 0.1) is 0 Å². The zero-order chi connectivity index (χ0) is 22.9. The first-order valence-corrected chi connectivity index (χ1v) is 11.0. The van der Waals surface area contributed by atoms with Crippen molar-refractivity contribution in [3.05, 3.63) is 108 Å². The van der Waals surface area contributed by atoms with E-state index < -0.39 is 30.7 Å². The summed E-state index contributed by atoms with van der Waals surface area (Å²) in [4.78, 5) is 12.1. The molecule has 1 aliphatic heterocycles. The van der Waals surface area contributed by atoms with Crippen LogP contribution in [0.4, 0.5) is 0 Å². The lowest BCUT2D eigenvalue weighted by Crippen LogP contribution is -2.53. The molecule has 33 heavy (non-hydrogen) atoms. The summed E-state index contributed by atoms with van der Waals surface area (Å²) >= 11 is 0. The summed E-state index contributed by atoms with van der Waals surface area (Å²) in [6, 6.07) is 28.7. The van der Waals surface area contributed by atoms with Crippen molar-refractivity contribution in [2.24, 2.45) is 0 Å². The van der Waals surface area contributed by atoms with Gasteiger partial charge in [-0.25, -0.2) is 0 Å². The molecule has 172 valence electrons. The molecule has 4 rings (SSSR count). The van der Waals surface area contributed by atoms with Gasteiger partial charge in [0.05, 0.1) is 19.8 Å². The molecule has 1 N–H and O–H groups in total. The average Bonchev–Trinajstić information content (AvgIpc) is 2.88. The summed E-state index contributed by atoms with van der Waals surface area (Å²) in [7, 11) is 0. The van der Waals surface area contributed by atoms with Gasteiger partial charge in [-0.15, -0.1) is 0 Å². The summed E-state index contributed by atoms with van der Waals surface area (Å²) in [5.41, 5.74) is 2.70. The third kappa shape index (κ3) is 6.35. The normalized spacial score (nSPS) is 22.4. The van der Waals surface area contributed by atoms with E-state index in [0.29, 0.717) is 6.29 Å². The largest absolute Gasteiger partial charge is 0.388 e. The second-order valence-electron chi connectivity index (χ2n) is 7.90. The maximum absolute atomic E-state index is 12.1. The number of carbonyl (C=O) groups is 1. The van der Waals surface area contributed by atoms with Crippen LogP contribution >= 0.6 is 0 Å². The molecule has 0 amide bonds. The van der Waals surface area contributed by atoms with Crippen LogP contribution in [0.1, 0.15) is 23.0 Å². The molecule has 1 aliphatic rings. The Kier molecular flexibility index (Phi) is 8.35. The zero-order valence-corrected chi connectivity index (χ0v) is 18.2. The molecule has 0 radical (unpaired) electrons. The second kappa shape index (κ2) is 11.8. The molecule has 1 unspecified atom stereocenters. The molecule has 0 saturated carbocycles. The fourth-order valence-electron chi connectivity index (χ4n) is 3.76. The van der Waals surface area contributed by atoms with Crippen molar-refractivity contribution in [2.75, 3.05) is 6.61 Å². The van der Waals surface area contributed by atoms with Crippen molar-refractivity contribution in [3.63, 3.8) is 0 Å². The molecule has 6 nitrogen and oxygen atoms in total. The van der Waals surface area contributed by atoms with Gasteiger partial charge in [-0.3, -0.25) is 0 Å². The predicted octanol–water partition coefficient (Wildman–Crippen LogP) is 3.83. The van der Waals surface area contributed by atoms with E-state index in [0.717, 1.165) is 16.7 Å². The summed E-state index contributed by atoms with van der Waals surface area (Å²) in [6.45, 7) is 0.532. The molecular formula is C27H28O6. The van der Waals surface area contributed by atoms with E-state index in [1.54, 1.807) is 0 Å². The van der Waals surface area contributed by atoms with Crippen molar-refractivity contribution >= 4 is 6.29 Å². The Morgan fingerprint density at radius 1 is 0.848 bits per heavy atom. The lowest BCUT2D eigenvalue weighted by molar-refractivity contribution is -0.289. The summed E-state index contributed by atoms with van der Waals surface area (Å²) in [5.74, 6) is 0. The molecular weight excluding hydrogens is 420 g/mol. The number of aliphatic hydroxyl groups is 1. The van der Waals surface area contributed by atoms with Crippen molar-refractivity contribution in [1.82, 2.24) is 0 Å². The van der Waals surface area contributed by atoms with Crippen LogP contribution in [0.25, 0.3) is 0 Å². The van der Waals surface area contributed by atoms with Crippen LogP contribution < -0.4 is 0 Å². The summed E-state index contributed by atoms with van der Waals surface area (Å²) in [6.07, 6.45) is -3.54. The topological polar surface area (TPSA) is 74.2 Å². The SMILES string of the molecule is O=C[C@H](OCc1ccccc1)[C@@H](OCc1ccccc1)[C@H]1OC(c2ccccc2)OC[C@H]1O. The number of ether oxygens (including phenoxy) is 4. The Morgan fingerprint density at radius 2 is 1.39 bits per heavy atom. The second-order valence-corrected chi connectivity index (χ2v) is 7.90. The third-order valence-electron chi connectivity index (χ3n) is 5.50. The van der Waals surface area contributed by atoms with Crippen molar-refractivity contribution in [2.45, 2.75) is 43.9 Å². The Labute approximate surface area is 193 Å². The highest BCUT2D eigenvalue weighted by atomic mass is 16.7. The molecule has 0 bridgehead atoms. The van der Waals surface area contributed by atoms with E-state index in [1.807, 2.05) is 91.0 Å². The quantitative estimate of drug-likeness (QED) is 0.475. The first-order chi connectivity index (χ1) is 16.2. The van der Waals surface area contributed by atoms with Gasteiger partial charge in [-0.2, -0.15) is 0 Å². The molecule has 1 saturated heterocycles. The van der Waals surface area contributed by atoms with Crippen LogP contribution in [-0.4, -0.2) is 42.4 Å². The van der Waals surface area contributed by atoms with E-state index in [1.165, 1.54) is 0 Å². The first kappa shape index (κ1) is 23.3. The molecule has 3 aromatic rings. The van der Waals surface area contributed by atoms with E-state index >= 15 is 0 Å². The first-order valence-electron chi connectivity index (χ1n) is 11.0. The van der Waals surface area contributed by atoms with Crippen LogP contribution in [0.3, 0.4) is 0 Å². The molecule has 6 heteroatoms. The number of aliphatic hydroxyl groups excluding tert-OH is 1. The molecule has 1 fully saturated rings. The minimum Gasteiger partial charge on any atom is -0.388 e. The van der Waals surface area contributed by atoms with E-state index in [9.17, 15) is 9.90 Å². The monoisotopic (exact) mass is 448 g/mol. The maximum Gasteiger partial charge on any atom is 0.184 e. The highest BCUT2D eigenvalue weighted by Crippen LogP contribution is 2.30. The van der Waals surface area contributed by atoms with Gasteiger partial charge >= 0.3 is 0 Å². The number of rotatable bonds is 10. The average molecular weight is 449 g/mol. The van der Waals surface area contributed by atoms with E-state index in [2.05, 4.69) is 0 Å². The number of hydrogen-bond acceptors (Lipinski definition) is 6. The Bertz CT molecular complexity index is 966. The maximum atomic E-state index is 12.1. The van der Waals surface area contributed by atoms with E-state index in [-0.39, 0.29) is 19.8 Å². The Balaban J connectivity index is 1.53. The smallest absolute Gasteiger partial charge is 0.184 e. The summed E-state index contributed by atoms with van der Waals surface area (Å²) < 4.78 is 24.0. The van der Waals surface area contributed by atoms with Crippen LogP contribution in [0.2, 0.25) is 0 Å². The highest BCUT2D eigenvalue weighted by Gasteiger charge is 2.42. The predicted molar refractivity (Wildman–Crippen MR) is 122 cm³/mol. The lowest BCUT2D eigenvalue weighted by atomic mass is 10.0. The van der Waals surface area contributed by atoms with Crippen molar-refractivity contribution < 1.29 is 28.8 Å². The van der Waals surface area contributed by atoms with Crippen LogP contribution in [-0.2, 0) is 37.0 Å². The minimum atomic E-state index is -0.978. The minimum absolute atomic E-state index is 0.0552. The summed E-state index contributed by atoms with van der Waals surface area (Å²) in [5, 5.41) is 10.7. The highest BCUT2D eigenvalue weighted by molar-refractivity contribution is 5.57. The van der Waals surface area contributed by atoms with Crippen molar-refractivity contribution in [3.8, 4) is 0 Å². The van der Waals surface area contributed by atoms with Gasteiger partial charge in [0, 0.05) is 5.56 Å². The van der Waals surface area contributed by atoms with Gasteiger partial charge in [0.15, 0.2) is 12.6 Å². The number of benzene rings is 3. The molecule has 5 atom stereocenters. The Hall–Kier alpha value is -2.87. The van der Waals surface area contributed by atoms with Gasteiger partial charge in [-0.1, -0.05) is 91.0 Å². The third-order valence-corrected chi connectivity index (χ3v) is 5.50. The standard InChI is InChI=1S/C27H28O6/c28-16-24(30-17-20-10-4-1-5-11-20)26(31-18-21-12-6-2-7-13-21)25-23(29)19-32-27(33-25)22-14-8-3-9-15-22/h1-16,23-27,29H,17-19H2/t23-,24+,25+,26-,27?/m1/s1. The van der Waals surface area contributed by atoms with Gasteiger partial charge in [-0.05, 0) is 11.1 Å². The van der Waals surface area contributed by atoms with Crippen LogP contribution in [0.15, 0.2) is 91.0 Å². The number of carbonyl (C=O) groups excluding carboxylic acids is 1. The molecule has 0 aliphatic carbocycles. The Morgan fingerprint density at radius 3 is 1.97 bits per heavy atom. The van der Waals surface area contributed by atoms with Crippen molar-refractivity contribution in [1.29, 1.82) is 0 Å². The molecule has 1 heterocycles. The fraction of sp³-hybridized carbons (Fsp3) is 0.296. The number of aldehydes is 1. The van der Waals surface area contributed by atoms with Gasteiger partial charge in [0.25, 0.3) is 0 Å². The van der Waals surface area contributed by atoms with E-state index in [4.69, 9.17) is 18.9 Å². The van der Waals surface area contributed by atoms with Gasteiger partial charge < -0.3 is 28.8 Å². The molecule has 0 spiro atoms. The van der Waals surface area contributed by atoms with Gasteiger partial charge in [0.1, 0.15) is 24.4 Å². The molecule has 3 aromatic carbocycles. The lowest BCUT2D eigenvalue weighted by Gasteiger charge is -2.39. The zero-order valence-electron chi connectivity index (χ0n) is 18.2. The van der Waals surface area contributed by atoms with Crippen LogP contribution in [0.5, 0.6) is 0 Å². The molecule has 0 aromatic heterocycles.